The summed E-state index contributed by atoms with van der Waals surface area (Å²) in [5.41, 5.74) is 3.41. The number of hydrogen-bond acceptors (Lipinski definition) is 1. The summed E-state index contributed by atoms with van der Waals surface area (Å²) >= 11 is 0. The molecule has 0 aromatic carbocycles. The van der Waals surface area contributed by atoms with Crippen LogP contribution in [0.2, 0.25) is 0 Å². The molecule has 0 amide bonds. The van der Waals surface area contributed by atoms with E-state index in [9.17, 15) is 0 Å². The van der Waals surface area contributed by atoms with Gasteiger partial charge in [0.2, 0.25) is 0 Å². The lowest BCUT2D eigenvalue weighted by Crippen LogP contribution is -2.14. The number of aromatic nitrogens is 2. The molecule has 0 bridgehead atoms. The molecular formula is C8H9BN2. The van der Waals surface area contributed by atoms with Gasteiger partial charge in [0, 0.05) is 0 Å². The number of rotatable bonds is 0. The van der Waals surface area contributed by atoms with Crippen LogP contribution in [0.25, 0.3) is 5.52 Å². The summed E-state index contributed by atoms with van der Waals surface area (Å²) in [5.74, 6) is 0. The van der Waals surface area contributed by atoms with Gasteiger partial charge in [-0.3, -0.25) is 0 Å². The quantitative estimate of drug-likeness (QED) is 0.472. The van der Waals surface area contributed by atoms with Gasteiger partial charge in [-0.2, -0.15) is 5.10 Å². The summed E-state index contributed by atoms with van der Waals surface area (Å²) in [6.07, 6.45) is 0. The van der Waals surface area contributed by atoms with Crippen LogP contribution >= 0.6 is 0 Å². The fraction of sp³-hybridized carbons (Fsp3) is 0.125. The molecule has 0 saturated carbocycles. The SMILES string of the molecule is Bc1cccc2cc(C)nn12. The normalized spacial score (nSPS) is 10.6. The molecule has 3 heteroatoms. The lowest BCUT2D eigenvalue weighted by Gasteiger charge is -1.95. The van der Waals surface area contributed by atoms with Gasteiger partial charge in [-0.25, -0.2) is 4.52 Å². The van der Waals surface area contributed by atoms with E-state index in [4.69, 9.17) is 0 Å². The molecule has 2 nitrogen and oxygen atoms in total. The van der Waals surface area contributed by atoms with Crippen molar-refractivity contribution in [3.05, 3.63) is 30.0 Å². The van der Waals surface area contributed by atoms with Crippen molar-refractivity contribution in [1.82, 2.24) is 9.61 Å². The van der Waals surface area contributed by atoms with Crippen molar-refractivity contribution < 1.29 is 0 Å². The van der Waals surface area contributed by atoms with E-state index in [0.29, 0.717) is 0 Å². The van der Waals surface area contributed by atoms with E-state index < -0.39 is 0 Å². The van der Waals surface area contributed by atoms with Gasteiger partial charge >= 0.3 is 0 Å². The second kappa shape index (κ2) is 2.12. The van der Waals surface area contributed by atoms with Crippen LogP contribution in [0.3, 0.4) is 0 Å². The minimum Gasteiger partial charge on any atom is -0.248 e. The number of fused-ring (bicyclic) bond motifs is 1. The molecule has 0 saturated heterocycles. The molecule has 0 aliphatic heterocycles. The second-order valence-electron chi connectivity index (χ2n) is 2.79. The molecule has 54 valence electrons. The first-order chi connectivity index (χ1) is 5.27. The van der Waals surface area contributed by atoms with Crippen molar-refractivity contribution >= 4 is 19.0 Å². The van der Waals surface area contributed by atoms with Crippen LogP contribution in [0, 0.1) is 6.92 Å². The highest BCUT2D eigenvalue weighted by Crippen LogP contribution is 2.01. The maximum Gasteiger partial charge on any atom is 0.164 e. The van der Waals surface area contributed by atoms with Crippen LogP contribution in [0.5, 0.6) is 0 Å². The molecule has 0 aliphatic carbocycles. The summed E-state index contributed by atoms with van der Waals surface area (Å²) in [6.45, 7) is 2.01. The standard InChI is InChI=1S/C8H9BN2/c1-6-5-7-3-2-4-8(9)11(7)10-6/h2-5H,9H2,1H3. The molecule has 2 aromatic heterocycles. The Balaban J connectivity index is 2.90. The molecule has 2 aromatic rings. The minimum absolute atomic E-state index is 1.07. The molecule has 0 spiro atoms. The lowest BCUT2D eigenvalue weighted by molar-refractivity contribution is 0.960. The molecule has 2 heterocycles. The average molecular weight is 144 g/mol. The van der Waals surface area contributed by atoms with Gasteiger partial charge < -0.3 is 0 Å². The molecule has 0 unspecified atom stereocenters. The van der Waals surface area contributed by atoms with E-state index in [0.717, 1.165) is 5.69 Å². The molecule has 2 rings (SSSR count). The zero-order valence-electron chi connectivity index (χ0n) is 6.70. The van der Waals surface area contributed by atoms with E-state index >= 15 is 0 Å². The highest BCUT2D eigenvalue weighted by molar-refractivity contribution is 6.31. The minimum atomic E-state index is 1.07. The zero-order valence-corrected chi connectivity index (χ0v) is 6.70. The molecule has 0 radical (unpaired) electrons. The van der Waals surface area contributed by atoms with Crippen molar-refractivity contribution in [1.29, 1.82) is 0 Å². The van der Waals surface area contributed by atoms with Crippen molar-refractivity contribution in [2.24, 2.45) is 0 Å². The fourth-order valence-corrected chi connectivity index (χ4v) is 1.28. The van der Waals surface area contributed by atoms with Gasteiger partial charge in [0.25, 0.3) is 0 Å². The molecule has 0 fully saturated rings. The first-order valence-electron chi connectivity index (χ1n) is 3.69. The monoisotopic (exact) mass is 144 g/mol. The van der Waals surface area contributed by atoms with Crippen LogP contribution in [0.1, 0.15) is 5.69 Å². The van der Waals surface area contributed by atoms with Crippen molar-refractivity contribution in [3.8, 4) is 0 Å². The van der Waals surface area contributed by atoms with Crippen LogP contribution < -0.4 is 5.59 Å². The fourth-order valence-electron chi connectivity index (χ4n) is 1.28. The lowest BCUT2D eigenvalue weighted by atomic mass is 10.0. The van der Waals surface area contributed by atoms with Crippen LogP contribution in [0.4, 0.5) is 0 Å². The summed E-state index contributed by atoms with van der Waals surface area (Å²) in [7, 11) is 2.06. The maximum absolute atomic E-state index is 4.33. The van der Waals surface area contributed by atoms with Gasteiger partial charge in [0.05, 0.1) is 11.2 Å². The number of pyridine rings is 1. The zero-order chi connectivity index (χ0) is 7.84. The predicted octanol–water partition coefficient (Wildman–Crippen LogP) is -0.0989. The Labute approximate surface area is 66.3 Å². The summed E-state index contributed by atoms with van der Waals surface area (Å²) in [6, 6.07) is 8.24. The molecule has 11 heavy (non-hydrogen) atoms. The topological polar surface area (TPSA) is 17.3 Å². The van der Waals surface area contributed by atoms with Gasteiger partial charge in [-0.1, -0.05) is 12.1 Å². The number of nitrogens with zero attached hydrogens (tertiary/aromatic N) is 2. The second-order valence-corrected chi connectivity index (χ2v) is 2.79. The summed E-state index contributed by atoms with van der Waals surface area (Å²) in [5, 5.41) is 4.33. The van der Waals surface area contributed by atoms with Crippen molar-refractivity contribution in [2.75, 3.05) is 0 Å². The maximum atomic E-state index is 4.33. The van der Waals surface area contributed by atoms with Gasteiger partial charge in [-0.05, 0) is 24.6 Å². The first-order valence-corrected chi connectivity index (χ1v) is 3.69. The van der Waals surface area contributed by atoms with Gasteiger partial charge in [0.1, 0.15) is 0 Å². The van der Waals surface area contributed by atoms with Crippen molar-refractivity contribution in [3.63, 3.8) is 0 Å². The first kappa shape index (κ1) is 6.46. The van der Waals surface area contributed by atoms with Gasteiger partial charge in [0.15, 0.2) is 7.85 Å². The van der Waals surface area contributed by atoms with E-state index in [1.807, 2.05) is 17.5 Å². The van der Waals surface area contributed by atoms with Crippen LogP contribution in [0.15, 0.2) is 24.3 Å². The van der Waals surface area contributed by atoms with Crippen LogP contribution in [-0.4, -0.2) is 17.5 Å². The number of aryl methyl sites for hydroxylation is 1. The Morgan fingerprint density at radius 2 is 2.27 bits per heavy atom. The Morgan fingerprint density at radius 1 is 1.45 bits per heavy atom. The molecular weight excluding hydrogens is 135 g/mol. The Morgan fingerprint density at radius 3 is 3.00 bits per heavy atom. The molecule has 0 atom stereocenters. The van der Waals surface area contributed by atoms with Crippen LogP contribution in [-0.2, 0) is 0 Å². The Kier molecular flexibility index (Phi) is 1.25. The highest BCUT2D eigenvalue weighted by atomic mass is 15.2. The predicted molar refractivity (Wildman–Crippen MR) is 48.1 cm³/mol. The highest BCUT2D eigenvalue weighted by Gasteiger charge is 1.96. The Hall–Kier alpha value is -1.25. The van der Waals surface area contributed by atoms with E-state index in [-0.39, 0.29) is 0 Å². The van der Waals surface area contributed by atoms with Crippen molar-refractivity contribution in [2.45, 2.75) is 6.92 Å². The van der Waals surface area contributed by atoms with E-state index in [1.54, 1.807) is 0 Å². The largest absolute Gasteiger partial charge is 0.248 e. The Bertz CT molecular complexity index is 392. The molecule has 0 N–H and O–H groups in total. The summed E-state index contributed by atoms with van der Waals surface area (Å²) < 4.78 is 1.95. The molecule has 0 aliphatic rings. The summed E-state index contributed by atoms with van der Waals surface area (Å²) in [4.78, 5) is 0. The third-order valence-corrected chi connectivity index (χ3v) is 1.80. The van der Waals surface area contributed by atoms with E-state index in [2.05, 4.69) is 31.1 Å². The smallest absolute Gasteiger partial charge is 0.164 e. The third kappa shape index (κ3) is 0.927. The average Bonchev–Trinajstić information content (AvgIpc) is 2.31. The number of hydrogen-bond donors (Lipinski definition) is 0. The van der Waals surface area contributed by atoms with Gasteiger partial charge in [-0.15, -0.1) is 0 Å². The third-order valence-electron chi connectivity index (χ3n) is 1.80. The van der Waals surface area contributed by atoms with E-state index in [1.165, 1.54) is 11.1 Å².